The number of carbonyl (C=O) groups is 1. The average molecular weight is 566 g/mol. The fourth-order valence-electron chi connectivity index (χ4n) is 5.26. The van der Waals surface area contributed by atoms with Crippen molar-refractivity contribution in [3.05, 3.63) is 29.6 Å². The van der Waals surface area contributed by atoms with E-state index < -0.39 is 24.2 Å². The summed E-state index contributed by atoms with van der Waals surface area (Å²) < 4.78 is 74.3. The van der Waals surface area contributed by atoms with Crippen LogP contribution in [0.25, 0.3) is 11.3 Å². The molecule has 14 heteroatoms. The Kier molecular flexibility index (Phi) is 7.67. The molecule has 3 aliphatic heterocycles. The van der Waals surface area contributed by atoms with Crippen molar-refractivity contribution in [1.82, 2.24) is 19.8 Å². The number of carbonyl (C=O) groups excluding carboxylic acids is 1. The van der Waals surface area contributed by atoms with E-state index >= 15 is 0 Å². The second-order valence-corrected chi connectivity index (χ2v) is 10.2. The number of halogens is 5. The van der Waals surface area contributed by atoms with Gasteiger partial charge in [0.1, 0.15) is 23.2 Å². The average Bonchev–Trinajstić information content (AvgIpc) is 3.54. The highest BCUT2D eigenvalue weighted by Gasteiger charge is 2.40. The van der Waals surface area contributed by atoms with E-state index in [0.29, 0.717) is 37.7 Å². The molecule has 0 aliphatic carbocycles. The van der Waals surface area contributed by atoms with Gasteiger partial charge in [-0.2, -0.15) is 23.4 Å². The molecule has 40 heavy (non-hydrogen) atoms. The standard InChI is InChI=1S/C26H28F5N7O2/c27-25(28)6-9-38(14-25)21(39)13-37-7-3-16(4-8-37)5-10-40-19-2-1-17(11-18(19)26(29,30)31)22-23-24(34-15-33-23)36-20(12-32)35-22/h1-2,11,16,33H,3-10,13-15H2,(H,34,35,36). The maximum Gasteiger partial charge on any atom is 0.419 e. The molecular weight excluding hydrogens is 537 g/mol. The number of likely N-dealkylation sites (tertiary alicyclic amines) is 2. The number of fused-ring (bicyclic) bond motifs is 1. The van der Waals surface area contributed by atoms with E-state index in [1.807, 2.05) is 11.0 Å². The number of amides is 1. The number of alkyl halides is 5. The van der Waals surface area contributed by atoms with Crippen molar-refractivity contribution in [3.8, 4) is 23.1 Å². The Hall–Kier alpha value is -3.73. The van der Waals surface area contributed by atoms with Gasteiger partial charge < -0.3 is 20.3 Å². The first kappa shape index (κ1) is 27.8. The molecular formula is C26H28F5N7O2. The number of anilines is 2. The topological polar surface area (TPSA) is 106 Å². The van der Waals surface area contributed by atoms with Crippen LogP contribution in [0.1, 0.15) is 37.1 Å². The Balaban J connectivity index is 1.17. The van der Waals surface area contributed by atoms with Crippen LogP contribution in [0.4, 0.5) is 33.5 Å². The molecule has 214 valence electrons. The lowest BCUT2D eigenvalue weighted by Crippen LogP contribution is -2.43. The number of hydrogen-bond donors (Lipinski definition) is 2. The van der Waals surface area contributed by atoms with Crippen molar-refractivity contribution in [2.75, 3.05) is 56.6 Å². The van der Waals surface area contributed by atoms with Crippen LogP contribution in [0.5, 0.6) is 5.75 Å². The van der Waals surface area contributed by atoms with E-state index in [9.17, 15) is 32.0 Å². The Morgan fingerprint density at radius 3 is 2.62 bits per heavy atom. The number of aromatic nitrogens is 2. The third kappa shape index (κ3) is 6.19. The highest BCUT2D eigenvalue weighted by atomic mass is 19.4. The van der Waals surface area contributed by atoms with Gasteiger partial charge in [-0.25, -0.2) is 13.8 Å². The first-order valence-electron chi connectivity index (χ1n) is 13.0. The van der Waals surface area contributed by atoms with Crippen molar-refractivity contribution in [2.45, 2.75) is 37.8 Å². The summed E-state index contributed by atoms with van der Waals surface area (Å²) in [5.74, 6) is -3.01. The molecule has 0 atom stereocenters. The zero-order valence-corrected chi connectivity index (χ0v) is 21.5. The fraction of sp³-hybridized carbons (Fsp3) is 0.538. The van der Waals surface area contributed by atoms with E-state index in [-0.39, 0.29) is 60.8 Å². The molecule has 0 bridgehead atoms. The molecule has 2 aromatic rings. The van der Waals surface area contributed by atoms with Gasteiger partial charge in [0.2, 0.25) is 11.7 Å². The number of benzene rings is 1. The van der Waals surface area contributed by atoms with Crippen molar-refractivity contribution >= 4 is 17.4 Å². The first-order chi connectivity index (χ1) is 19.0. The van der Waals surface area contributed by atoms with Gasteiger partial charge in [-0.1, -0.05) is 0 Å². The fourth-order valence-corrected chi connectivity index (χ4v) is 5.26. The van der Waals surface area contributed by atoms with Crippen LogP contribution in [0.15, 0.2) is 18.2 Å². The van der Waals surface area contributed by atoms with E-state index in [4.69, 9.17) is 4.74 Å². The van der Waals surface area contributed by atoms with Gasteiger partial charge in [-0.3, -0.25) is 9.69 Å². The monoisotopic (exact) mass is 565 g/mol. The number of nitriles is 1. The molecule has 2 saturated heterocycles. The van der Waals surface area contributed by atoms with Gasteiger partial charge in [-0.15, -0.1) is 0 Å². The number of nitrogens with zero attached hydrogens (tertiary/aromatic N) is 5. The molecule has 0 radical (unpaired) electrons. The van der Waals surface area contributed by atoms with Crippen LogP contribution in [-0.2, 0) is 11.0 Å². The normalized spacial score (nSPS) is 19.1. The van der Waals surface area contributed by atoms with E-state index in [1.165, 1.54) is 17.0 Å². The largest absolute Gasteiger partial charge is 0.493 e. The SMILES string of the molecule is N#Cc1nc2c(c(-c3ccc(OCCC4CCN(CC(=O)N5CCC(F)(F)C5)CC4)c(C(F)(F)F)c3)n1)NCN2. The molecule has 1 aromatic carbocycles. The summed E-state index contributed by atoms with van der Waals surface area (Å²) in [5, 5.41) is 15.1. The van der Waals surface area contributed by atoms with Gasteiger partial charge in [0.05, 0.1) is 31.9 Å². The van der Waals surface area contributed by atoms with Crippen molar-refractivity contribution in [1.29, 1.82) is 5.26 Å². The van der Waals surface area contributed by atoms with Crippen LogP contribution in [0, 0.1) is 17.2 Å². The van der Waals surface area contributed by atoms with Gasteiger partial charge in [0.25, 0.3) is 5.92 Å². The lowest BCUT2D eigenvalue weighted by molar-refractivity contribution is -0.139. The molecule has 4 heterocycles. The summed E-state index contributed by atoms with van der Waals surface area (Å²) >= 11 is 0. The molecule has 2 N–H and O–H groups in total. The predicted molar refractivity (Wildman–Crippen MR) is 135 cm³/mol. The van der Waals surface area contributed by atoms with Crippen LogP contribution in [-0.4, -0.2) is 77.6 Å². The summed E-state index contributed by atoms with van der Waals surface area (Å²) in [6.07, 6.45) is -2.97. The zero-order chi connectivity index (χ0) is 28.5. The molecule has 3 aliphatic rings. The molecule has 5 rings (SSSR count). The summed E-state index contributed by atoms with van der Waals surface area (Å²) in [6, 6.07) is 5.52. The smallest absolute Gasteiger partial charge is 0.419 e. The zero-order valence-electron chi connectivity index (χ0n) is 21.5. The summed E-state index contributed by atoms with van der Waals surface area (Å²) in [7, 11) is 0. The number of piperidine rings is 1. The number of hydrogen-bond acceptors (Lipinski definition) is 8. The summed E-state index contributed by atoms with van der Waals surface area (Å²) in [6.45, 7) is 1.25. The highest BCUT2D eigenvalue weighted by molar-refractivity contribution is 5.85. The van der Waals surface area contributed by atoms with E-state index in [0.717, 1.165) is 18.9 Å². The van der Waals surface area contributed by atoms with Crippen LogP contribution < -0.4 is 15.4 Å². The van der Waals surface area contributed by atoms with Crippen molar-refractivity contribution in [3.63, 3.8) is 0 Å². The molecule has 0 spiro atoms. The second kappa shape index (κ2) is 11.0. The van der Waals surface area contributed by atoms with Crippen molar-refractivity contribution in [2.24, 2.45) is 5.92 Å². The Morgan fingerprint density at radius 1 is 1.18 bits per heavy atom. The highest BCUT2D eigenvalue weighted by Crippen LogP contribution is 2.41. The first-order valence-corrected chi connectivity index (χ1v) is 13.0. The van der Waals surface area contributed by atoms with Crippen LogP contribution in [0.2, 0.25) is 0 Å². The maximum absolute atomic E-state index is 14.0. The van der Waals surface area contributed by atoms with Crippen LogP contribution in [0.3, 0.4) is 0 Å². The van der Waals surface area contributed by atoms with Crippen molar-refractivity contribution < 1.29 is 31.5 Å². The molecule has 1 amide bonds. The second-order valence-electron chi connectivity index (χ2n) is 10.2. The Labute approximate surface area is 227 Å². The molecule has 1 aromatic heterocycles. The molecule has 9 nitrogen and oxygen atoms in total. The number of nitrogens with one attached hydrogen (secondary N) is 2. The van der Waals surface area contributed by atoms with Gasteiger partial charge in [0.15, 0.2) is 5.82 Å². The number of rotatable bonds is 7. The van der Waals surface area contributed by atoms with E-state index in [1.54, 1.807) is 0 Å². The molecule has 0 unspecified atom stereocenters. The minimum Gasteiger partial charge on any atom is -0.493 e. The Morgan fingerprint density at radius 2 is 1.95 bits per heavy atom. The van der Waals surface area contributed by atoms with Gasteiger partial charge in [-0.05, 0) is 56.5 Å². The minimum atomic E-state index is -4.68. The van der Waals surface area contributed by atoms with Gasteiger partial charge >= 0.3 is 6.18 Å². The maximum atomic E-state index is 14.0. The number of ether oxygens (including phenoxy) is 1. The summed E-state index contributed by atoms with van der Waals surface area (Å²) in [5.41, 5.74) is -0.160. The summed E-state index contributed by atoms with van der Waals surface area (Å²) in [4.78, 5) is 23.6. The molecule has 2 fully saturated rings. The lowest BCUT2D eigenvalue weighted by atomic mass is 9.94. The third-order valence-corrected chi connectivity index (χ3v) is 7.46. The predicted octanol–water partition coefficient (Wildman–Crippen LogP) is 4.18. The lowest BCUT2D eigenvalue weighted by Gasteiger charge is -2.32. The quantitative estimate of drug-likeness (QED) is 0.482. The minimum absolute atomic E-state index is 0.0663. The molecule has 0 saturated carbocycles. The van der Waals surface area contributed by atoms with Gasteiger partial charge in [0, 0.05) is 18.5 Å². The van der Waals surface area contributed by atoms with Crippen LogP contribution >= 0.6 is 0 Å². The Bertz CT molecular complexity index is 1310. The third-order valence-electron chi connectivity index (χ3n) is 7.46. The van der Waals surface area contributed by atoms with E-state index in [2.05, 4.69) is 20.6 Å².